The highest BCUT2D eigenvalue weighted by Crippen LogP contribution is 2.42. The molecule has 0 unspecified atom stereocenters. The van der Waals surface area contributed by atoms with Crippen molar-refractivity contribution in [2.75, 3.05) is 0 Å². The maximum absolute atomic E-state index is 13.9. The molecule has 2 fully saturated rings. The molecule has 0 nitrogen and oxygen atoms in total. The zero-order valence-corrected chi connectivity index (χ0v) is 22.1. The Morgan fingerprint density at radius 1 is 0.879 bits per heavy atom. The Bertz CT molecular complexity index is 696. The van der Waals surface area contributed by atoms with Gasteiger partial charge in [0.05, 0.1) is 0 Å². The Balaban J connectivity index is 1.32. The van der Waals surface area contributed by atoms with Gasteiger partial charge in [0.2, 0.25) is 0 Å². The lowest BCUT2D eigenvalue weighted by Gasteiger charge is -2.37. The van der Waals surface area contributed by atoms with E-state index >= 15 is 0 Å². The number of aryl methyl sites for hydroxylation is 1. The molecule has 1 heterocycles. The van der Waals surface area contributed by atoms with Gasteiger partial charge in [-0.3, -0.25) is 0 Å². The number of rotatable bonds is 11. The Kier molecular flexibility index (Phi) is 10.6. The summed E-state index contributed by atoms with van der Waals surface area (Å²) in [7, 11) is -0.417. The Morgan fingerprint density at radius 3 is 2.06 bits per heavy atom. The van der Waals surface area contributed by atoms with Crippen molar-refractivity contribution in [1.29, 1.82) is 0 Å². The van der Waals surface area contributed by atoms with Crippen molar-refractivity contribution in [2.45, 2.75) is 114 Å². The van der Waals surface area contributed by atoms with Crippen LogP contribution in [-0.2, 0) is 11.8 Å². The number of hydrogen-bond donors (Lipinski definition) is 0. The summed E-state index contributed by atoms with van der Waals surface area (Å²) < 4.78 is 54.0. The molecule has 0 spiro atoms. The van der Waals surface area contributed by atoms with Crippen LogP contribution in [0.2, 0.25) is 18.1 Å². The van der Waals surface area contributed by atoms with E-state index in [0.29, 0.717) is 12.0 Å². The number of halogens is 5. The van der Waals surface area contributed by atoms with Crippen LogP contribution in [0.5, 0.6) is 0 Å². The molecule has 188 valence electrons. The van der Waals surface area contributed by atoms with Crippen LogP contribution in [0, 0.1) is 29.4 Å². The van der Waals surface area contributed by atoms with Gasteiger partial charge in [0.1, 0.15) is 17.2 Å². The summed E-state index contributed by atoms with van der Waals surface area (Å²) in [6, 6.07) is 6.75. The zero-order valence-electron chi connectivity index (χ0n) is 20.2. The molecule has 33 heavy (non-hydrogen) atoms. The SMILES string of the molecule is CCCCC[SiH]1CCC(C2CCC(CCCCc3cc(F)c(C(F)(F)Cl)c(F)c3)CC2)CC1. The predicted molar refractivity (Wildman–Crippen MR) is 133 cm³/mol. The maximum atomic E-state index is 13.9. The number of hydrogen-bond acceptors (Lipinski definition) is 0. The molecule has 1 aromatic rings. The van der Waals surface area contributed by atoms with Gasteiger partial charge >= 0.3 is 5.38 Å². The van der Waals surface area contributed by atoms with Crippen molar-refractivity contribution >= 4 is 20.4 Å². The molecule has 1 aliphatic heterocycles. The molecule has 1 aliphatic carbocycles. The van der Waals surface area contributed by atoms with E-state index in [1.165, 1.54) is 57.8 Å². The second-order valence-electron chi connectivity index (χ2n) is 10.7. The quantitative estimate of drug-likeness (QED) is 0.122. The average molecular weight is 505 g/mol. The topological polar surface area (TPSA) is 0 Å². The molecule has 3 rings (SSSR count). The van der Waals surface area contributed by atoms with Gasteiger partial charge in [-0.1, -0.05) is 82.8 Å². The van der Waals surface area contributed by atoms with Crippen LogP contribution < -0.4 is 0 Å². The highest BCUT2D eigenvalue weighted by molar-refractivity contribution is 6.58. The first-order valence-electron chi connectivity index (χ1n) is 13.3. The van der Waals surface area contributed by atoms with Crippen LogP contribution >= 0.6 is 11.6 Å². The van der Waals surface area contributed by atoms with Crippen molar-refractivity contribution in [3.63, 3.8) is 0 Å². The number of alkyl halides is 3. The molecule has 1 saturated heterocycles. The molecule has 1 saturated carbocycles. The van der Waals surface area contributed by atoms with E-state index in [0.717, 1.165) is 49.1 Å². The number of unbranched alkanes of at least 4 members (excludes halogenated alkanes) is 3. The summed E-state index contributed by atoms with van der Waals surface area (Å²) >= 11 is 4.81. The van der Waals surface area contributed by atoms with Crippen molar-refractivity contribution in [3.8, 4) is 0 Å². The Hall–Kier alpha value is -0.553. The van der Waals surface area contributed by atoms with Crippen LogP contribution in [0.1, 0.15) is 95.1 Å². The van der Waals surface area contributed by atoms with Gasteiger partial charge in [0.15, 0.2) is 0 Å². The first-order valence-corrected chi connectivity index (χ1v) is 16.2. The molecule has 2 aliphatic rings. The minimum Gasteiger partial charge on any atom is -0.206 e. The van der Waals surface area contributed by atoms with E-state index < -0.39 is 31.4 Å². The van der Waals surface area contributed by atoms with E-state index in [1.807, 2.05) is 0 Å². The molecule has 0 bridgehead atoms. The Labute approximate surface area is 204 Å². The summed E-state index contributed by atoms with van der Waals surface area (Å²) in [4.78, 5) is 0. The Morgan fingerprint density at radius 2 is 1.48 bits per heavy atom. The highest BCUT2D eigenvalue weighted by atomic mass is 35.5. The first-order chi connectivity index (χ1) is 15.8. The molecular weight excluding hydrogens is 464 g/mol. The fraction of sp³-hybridized carbons (Fsp3) is 0.778. The fourth-order valence-corrected chi connectivity index (χ4v) is 10.1. The third-order valence-corrected chi connectivity index (χ3v) is 12.1. The largest absolute Gasteiger partial charge is 0.353 e. The molecule has 0 aromatic heterocycles. The summed E-state index contributed by atoms with van der Waals surface area (Å²) in [6.07, 6.45) is 16.1. The van der Waals surface area contributed by atoms with Crippen molar-refractivity contribution < 1.29 is 17.6 Å². The minimum absolute atomic E-state index is 0.417. The van der Waals surface area contributed by atoms with Crippen molar-refractivity contribution in [1.82, 2.24) is 0 Å². The van der Waals surface area contributed by atoms with Gasteiger partial charge in [-0.15, -0.1) is 0 Å². The molecule has 0 amide bonds. The van der Waals surface area contributed by atoms with Crippen molar-refractivity contribution in [3.05, 3.63) is 34.9 Å². The molecule has 0 atom stereocenters. The number of benzene rings is 1. The lowest BCUT2D eigenvalue weighted by atomic mass is 9.73. The van der Waals surface area contributed by atoms with E-state index in [1.54, 1.807) is 18.1 Å². The standard InChI is InChI=1S/C27H41ClF4Si/c1-2-3-6-15-33-16-13-23(14-17-33)22-11-9-20(10-12-22)7-4-5-8-21-18-24(29)26(25(30)19-21)27(28,31)32/h18-20,22-23,33H,2-17H2,1H3. The predicted octanol–water partition coefficient (Wildman–Crippen LogP) is 9.60. The van der Waals surface area contributed by atoms with E-state index in [2.05, 4.69) is 6.92 Å². The summed E-state index contributed by atoms with van der Waals surface area (Å²) in [5, 5.41) is -4.03. The molecule has 0 N–H and O–H groups in total. The highest BCUT2D eigenvalue weighted by Gasteiger charge is 2.35. The minimum atomic E-state index is -4.03. The first kappa shape index (κ1) is 27.0. The van der Waals surface area contributed by atoms with Crippen LogP contribution in [0.15, 0.2) is 12.1 Å². The fourth-order valence-electron chi connectivity index (χ4n) is 6.38. The van der Waals surface area contributed by atoms with Gasteiger partial charge in [-0.25, -0.2) is 8.78 Å². The van der Waals surface area contributed by atoms with Gasteiger partial charge in [0, 0.05) is 8.80 Å². The molecule has 1 aromatic carbocycles. The van der Waals surface area contributed by atoms with E-state index in [4.69, 9.17) is 11.6 Å². The van der Waals surface area contributed by atoms with Crippen LogP contribution in [0.3, 0.4) is 0 Å². The van der Waals surface area contributed by atoms with E-state index in [9.17, 15) is 17.6 Å². The summed E-state index contributed by atoms with van der Waals surface area (Å²) in [5.74, 6) is 0.166. The molecule has 6 heteroatoms. The van der Waals surface area contributed by atoms with Gasteiger partial charge in [-0.05, 0) is 72.7 Å². The van der Waals surface area contributed by atoms with Crippen LogP contribution in [0.25, 0.3) is 0 Å². The molecular formula is C27H41ClF4Si. The van der Waals surface area contributed by atoms with Crippen molar-refractivity contribution in [2.24, 2.45) is 17.8 Å². The zero-order chi connectivity index (χ0) is 23.8. The lowest BCUT2D eigenvalue weighted by molar-refractivity contribution is 0.0858. The summed E-state index contributed by atoms with van der Waals surface area (Å²) in [6.45, 7) is 2.30. The van der Waals surface area contributed by atoms with Gasteiger partial charge in [0.25, 0.3) is 0 Å². The lowest BCUT2D eigenvalue weighted by Crippen LogP contribution is -2.28. The van der Waals surface area contributed by atoms with Gasteiger partial charge in [-0.2, -0.15) is 8.78 Å². The monoisotopic (exact) mass is 504 g/mol. The average Bonchev–Trinajstić information content (AvgIpc) is 2.76. The molecule has 0 radical (unpaired) electrons. The third kappa shape index (κ3) is 8.26. The van der Waals surface area contributed by atoms with Crippen LogP contribution in [-0.4, -0.2) is 8.80 Å². The van der Waals surface area contributed by atoms with E-state index in [-0.39, 0.29) is 0 Å². The second-order valence-corrected chi connectivity index (χ2v) is 14.7. The summed E-state index contributed by atoms with van der Waals surface area (Å²) in [5.41, 5.74) is -0.927. The smallest absolute Gasteiger partial charge is 0.206 e. The normalized spacial score (nSPS) is 26.5. The third-order valence-electron chi connectivity index (χ3n) is 8.38. The van der Waals surface area contributed by atoms with Crippen LogP contribution in [0.4, 0.5) is 17.6 Å². The maximum Gasteiger partial charge on any atom is 0.353 e. The van der Waals surface area contributed by atoms with Gasteiger partial charge < -0.3 is 0 Å². The second kappa shape index (κ2) is 12.9.